The van der Waals surface area contributed by atoms with Crippen LogP contribution in [0.25, 0.3) is 22.2 Å². The molecule has 42 heavy (non-hydrogen) atoms. The Morgan fingerprint density at radius 1 is 1.02 bits per heavy atom. The largest absolute Gasteiger partial charge is 0.478 e. The van der Waals surface area contributed by atoms with Crippen LogP contribution in [0.2, 0.25) is 5.02 Å². The van der Waals surface area contributed by atoms with E-state index in [1.54, 1.807) is 24.3 Å². The van der Waals surface area contributed by atoms with E-state index < -0.39 is 5.97 Å². The number of hydrogen-bond donors (Lipinski definition) is 3. The van der Waals surface area contributed by atoms with Crippen LogP contribution in [0, 0.1) is 6.92 Å². The van der Waals surface area contributed by atoms with Crippen molar-refractivity contribution in [2.24, 2.45) is 0 Å². The molecular formula is C34H32ClN3O3S. The van der Waals surface area contributed by atoms with Gasteiger partial charge in [-0.05, 0) is 71.5 Å². The van der Waals surface area contributed by atoms with Crippen molar-refractivity contribution in [2.75, 3.05) is 5.75 Å². The second-order valence-electron chi connectivity index (χ2n) is 10.3. The van der Waals surface area contributed by atoms with Crippen molar-refractivity contribution in [1.82, 2.24) is 14.9 Å². The summed E-state index contributed by atoms with van der Waals surface area (Å²) in [6, 6.07) is 25.9. The third-order valence-corrected chi connectivity index (χ3v) is 8.00. The highest BCUT2D eigenvalue weighted by molar-refractivity contribution is 7.80. The zero-order valence-corrected chi connectivity index (χ0v) is 25.1. The smallest absolute Gasteiger partial charge is 0.336 e. The number of benzene rings is 4. The van der Waals surface area contributed by atoms with Gasteiger partial charge in [0.05, 0.1) is 22.6 Å². The molecule has 0 aliphatic heterocycles. The number of carbonyl (C=O) groups is 2. The summed E-state index contributed by atoms with van der Waals surface area (Å²) in [4.78, 5) is 30.1. The fourth-order valence-corrected chi connectivity index (χ4v) is 5.66. The number of carboxylic acid groups (broad SMARTS) is 1. The normalized spacial score (nSPS) is 11.9. The first-order valence-corrected chi connectivity index (χ1v) is 14.9. The van der Waals surface area contributed by atoms with Crippen LogP contribution in [0.3, 0.4) is 0 Å². The van der Waals surface area contributed by atoms with Crippen molar-refractivity contribution in [2.45, 2.75) is 39.3 Å². The van der Waals surface area contributed by atoms with Crippen LogP contribution >= 0.6 is 24.2 Å². The first-order valence-electron chi connectivity index (χ1n) is 13.9. The maximum Gasteiger partial charge on any atom is 0.336 e. The lowest BCUT2D eigenvalue weighted by atomic mass is 9.98. The maximum absolute atomic E-state index is 13.5. The number of rotatable bonds is 10. The zero-order valence-electron chi connectivity index (χ0n) is 23.5. The molecule has 0 saturated heterocycles. The van der Waals surface area contributed by atoms with Crippen molar-refractivity contribution in [3.05, 3.63) is 124 Å². The molecule has 1 heterocycles. The number of carboxylic acids is 1. The summed E-state index contributed by atoms with van der Waals surface area (Å²) in [5.74, 6) is 0.274. The van der Waals surface area contributed by atoms with E-state index in [4.69, 9.17) is 16.6 Å². The van der Waals surface area contributed by atoms with E-state index in [1.165, 1.54) is 0 Å². The fourth-order valence-electron chi connectivity index (χ4n) is 5.23. The Hall–Kier alpha value is -4.07. The monoisotopic (exact) mass is 597 g/mol. The SMILES string of the molecule is CCCc1nc2c(C)cc(C(=O)NC(CS)c3ccc(Cl)cc3)cc2n1Cc1ccc(-c2ccccc2C(=O)O)cc1. The van der Waals surface area contributed by atoms with E-state index in [-0.39, 0.29) is 17.5 Å². The Morgan fingerprint density at radius 3 is 2.40 bits per heavy atom. The van der Waals surface area contributed by atoms with Crippen LogP contribution in [0.1, 0.15) is 62.6 Å². The molecule has 0 aliphatic carbocycles. The van der Waals surface area contributed by atoms with Crippen LogP contribution in [0.4, 0.5) is 0 Å². The molecule has 0 aliphatic rings. The number of amides is 1. The molecule has 1 atom stereocenters. The highest BCUT2D eigenvalue weighted by Gasteiger charge is 2.19. The molecule has 1 aromatic heterocycles. The van der Waals surface area contributed by atoms with Gasteiger partial charge in [-0.3, -0.25) is 4.79 Å². The second kappa shape index (κ2) is 12.8. The van der Waals surface area contributed by atoms with E-state index in [1.807, 2.05) is 67.6 Å². The molecule has 0 bridgehead atoms. The number of imidazole rings is 1. The van der Waals surface area contributed by atoms with Gasteiger partial charge in [0.1, 0.15) is 5.82 Å². The lowest BCUT2D eigenvalue weighted by molar-refractivity contribution is 0.0697. The van der Waals surface area contributed by atoms with E-state index >= 15 is 0 Å². The van der Waals surface area contributed by atoms with Crippen LogP contribution in [-0.4, -0.2) is 32.3 Å². The Morgan fingerprint density at radius 2 is 1.74 bits per heavy atom. The average molecular weight is 598 g/mol. The summed E-state index contributed by atoms with van der Waals surface area (Å²) in [7, 11) is 0. The number of carbonyl (C=O) groups excluding carboxylic acids is 1. The van der Waals surface area contributed by atoms with Gasteiger partial charge in [0.15, 0.2) is 0 Å². The molecule has 4 aromatic carbocycles. The number of aromatic nitrogens is 2. The second-order valence-corrected chi connectivity index (χ2v) is 11.1. The molecular weight excluding hydrogens is 566 g/mol. The van der Waals surface area contributed by atoms with Crippen LogP contribution in [0.5, 0.6) is 0 Å². The molecule has 2 N–H and O–H groups in total. The van der Waals surface area contributed by atoms with Gasteiger partial charge in [0.2, 0.25) is 0 Å². The number of fused-ring (bicyclic) bond motifs is 1. The summed E-state index contributed by atoms with van der Waals surface area (Å²) in [6.45, 7) is 4.68. The Kier molecular flexibility index (Phi) is 9.00. The van der Waals surface area contributed by atoms with Crippen molar-refractivity contribution < 1.29 is 14.7 Å². The van der Waals surface area contributed by atoms with Gasteiger partial charge in [-0.25, -0.2) is 9.78 Å². The molecule has 1 unspecified atom stereocenters. The minimum Gasteiger partial charge on any atom is -0.478 e. The van der Waals surface area contributed by atoms with Crippen molar-refractivity contribution in [1.29, 1.82) is 0 Å². The van der Waals surface area contributed by atoms with Gasteiger partial charge < -0.3 is 15.0 Å². The van der Waals surface area contributed by atoms with Crippen molar-refractivity contribution in [3.8, 4) is 11.1 Å². The molecule has 5 aromatic rings. The molecule has 1 amide bonds. The van der Waals surface area contributed by atoms with Crippen LogP contribution < -0.4 is 5.32 Å². The number of thiol groups is 1. The third kappa shape index (κ3) is 6.22. The van der Waals surface area contributed by atoms with Gasteiger partial charge >= 0.3 is 5.97 Å². The van der Waals surface area contributed by atoms with Gasteiger partial charge in [-0.15, -0.1) is 0 Å². The Labute approximate surface area is 255 Å². The summed E-state index contributed by atoms with van der Waals surface area (Å²) >= 11 is 10.5. The minimum absolute atomic E-state index is 0.180. The van der Waals surface area contributed by atoms with Crippen LogP contribution in [-0.2, 0) is 13.0 Å². The van der Waals surface area contributed by atoms with E-state index in [9.17, 15) is 14.7 Å². The quantitative estimate of drug-likeness (QED) is 0.144. The Balaban J connectivity index is 1.47. The number of hydrogen-bond acceptors (Lipinski definition) is 4. The predicted molar refractivity (Wildman–Crippen MR) is 172 cm³/mol. The Bertz CT molecular complexity index is 1750. The average Bonchev–Trinajstić information content (AvgIpc) is 3.34. The van der Waals surface area contributed by atoms with Crippen LogP contribution in [0.15, 0.2) is 84.9 Å². The molecule has 214 valence electrons. The third-order valence-electron chi connectivity index (χ3n) is 7.38. The highest BCUT2D eigenvalue weighted by Crippen LogP contribution is 2.27. The lowest BCUT2D eigenvalue weighted by Crippen LogP contribution is -2.29. The summed E-state index contributed by atoms with van der Waals surface area (Å²) < 4.78 is 2.18. The lowest BCUT2D eigenvalue weighted by Gasteiger charge is -2.18. The topological polar surface area (TPSA) is 84.2 Å². The number of nitrogens with one attached hydrogen (secondary N) is 1. The summed E-state index contributed by atoms with van der Waals surface area (Å²) in [5, 5.41) is 13.4. The van der Waals surface area contributed by atoms with Crippen molar-refractivity contribution >= 4 is 47.1 Å². The number of aryl methyl sites for hydroxylation is 2. The summed E-state index contributed by atoms with van der Waals surface area (Å²) in [6.07, 6.45) is 1.74. The van der Waals surface area contributed by atoms with Gasteiger partial charge in [-0.2, -0.15) is 12.6 Å². The number of nitrogens with zero attached hydrogens (tertiary/aromatic N) is 2. The predicted octanol–water partition coefficient (Wildman–Crippen LogP) is 7.77. The van der Waals surface area contributed by atoms with Gasteiger partial charge in [0, 0.05) is 29.3 Å². The number of halogens is 1. The maximum atomic E-state index is 13.5. The van der Waals surface area contributed by atoms with E-state index in [2.05, 4.69) is 29.4 Å². The molecule has 0 radical (unpaired) electrons. The zero-order chi connectivity index (χ0) is 29.8. The highest BCUT2D eigenvalue weighted by atomic mass is 35.5. The van der Waals surface area contributed by atoms with E-state index in [0.717, 1.165) is 52.0 Å². The first kappa shape index (κ1) is 29.4. The van der Waals surface area contributed by atoms with Gasteiger partial charge in [-0.1, -0.05) is 73.1 Å². The molecule has 0 saturated carbocycles. The van der Waals surface area contributed by atoms with Crippen molar-refractivity contribution in [3.63, 3.8) is 0 Å². The van der Waals surface area contributed by atoms with Gasteiger partial charge in [0.25, 0.3) is 5.91 Å². The molecule has 0 fully saturated rings. The fraction of sp³-hybridized carbons (Fsp3) is 0.206. The standard InChI is InChI=1S/C34H32ClN3O3S/c1-3-6-31-37-32-21(2)17-25(33(39)36-29(20-42)24-13-15-26(35)16-14-24)18-30(32)38(31)19-22-9-11-23(12-10-22)27-7-4-5-8-28(27)34(40)41/h4-5,7-18,29,42H,3,6,19-20H2,1-2H3,(H,36,39)(H,40,41). The number of aromatic carboxylic acids is 1. The first-order chi connectivity index (χ1) is 20.3. The summed E-state index contributed by atoms with van der Waals surface area (Å²) in [5.41, 5.74) is 7.06. The molecule has 6 nitrogen and oxygen atoms in total. The molecule has 8 heteroatoms. The molecule has 5 rings (SSSR count). The minimum atomic E-state index is -0.951. The van der Waals surface area contributed by atoms with E-state index in [0.29, 0.717) is 28.4 Å². The molecule has 0 spiro atoms.